The molecule has 0 unspecified atom stereocenters. The molecule has 144 valence electrons. The molecular weight excluding hydrogens is 369 g/mol. The Bertz CT molecular complexity index is 1120. The van der Waals surface area contributed by atoms with Crippen LogP contribution in [0, 0.1) is 17.1 Å². The van der Waals surface area contributed by atoms with Gasteiger partial charge in [-0.15, -0.1) is 0 Å². The van der Waals surface area contributed by atoms with Crippen LogP contribution in [0.1, 0.15) is 38.8 Å². The van der Waals surface area contributed by atoms with Crippen LogP contribution in [0.25, 0.3) is 0 Å². The van der Waals surface area contributed by atoms with Gasteiger partial charge in [-0.3, -0.25) is 9.59 Å². The molecule has 2 N–H and O–H groups in total. The quantitative estimate of drug-likeness (QED) is 0.597. The van der Waals surface area contributed by atoms with Gasteiger partial charge in [0.15, 0.2) is 5.78 Å². The van der Waals surface area contributed by atoms with Crippen LogP contribution in [-0.4, -0.2) is 11.7 Å². The lowest BCUT2D eigenvalue weighted by atomic mass is 10.1. The zero-order valence-electron chi connectivity index (χ0n) is 15.7. The van der Waals surface area contributed by atoms with Crippen LogP contribution in [0.3, 0.4) is 0 Å². The van der Waals surface area contributed by atoms with Gasteiger partial charge in [0.2, 0.25) is 0 Å². The number of Topliss-reactive ketones (excluding diaryl/α,β-unsaturated/α-hetero) is 1. The normalized spacial score (nSPS) is 10.1. The first-order chi connectivity index (χ1) is 14.0. The highest BCUT2D eigenvalue weighted by Gasteiger charge is 2.09. The number of benzene rings is 3. The second-order valence-electron chi connectivity index (χ2n) is 6.45. The first kappa shape index (κ1) is 19.8. The molecule has 3 rings (SSSR count). The van der Waals surface area contributed by atoms with Crippen molar-refractivity contribution in [2.45, 2.75) is 13.5 Å². The van der Waals surface area contributed by atoms with Gasteiger partial charge < -0.3 is 10.6 Å². The second kappa shape index (κ2) is 8.81. The Morgan fingerprint density at radius 1 is 1.00 bits per heavy atom. The Morgan fingerprint density at radius 2 is 1.79 bits per heavy atom. The maximum Gasteiger partial charge on any atom is 0.255 e. The highest BCUT2D eigenvalue weighted by Crippen LogP contribution is 2.20. The number of amides is 1. The van der Waals surface area contributed by atoms with Crippen molar-refractivity contribution in [3.8, 4) is 6.07 Å². The minimum Gasteiger partial charge on any atom is -0.380 e. The summed E-state index contributed by atoms with van der Waals surface area (Å²) in [6, 6.07) is 19.6. The van der Waals surface area contributed by atoms with E-state index >= 15 is 0 Å². The number of nitriles is 1. The Hall–Kier alpha value is -3.98. The van der Waals surface area contributed by atoms with E-state index < -0.39 is 11.7 Å². The summed E-state index contributed by atoms with van der Waals surface area (Å²) >= 11 is 0. The van der Waals surface area contributed by atoms with Gasteiger partial charge in [-0.2, -0.15) is 5.26 Å². The van der Waals surface area contributed by atoms with Crippen molar-refractivity contribution < 1.29 is 14.0 Å². The minimum atomic E-state index is -0.475. The molecule has 0 spiro atoms. The number of nitrogens with zero attached hydrogens (tertiary/aromatic N) is 1. The number of halogens is 1. The third kappa shape index (κ3) is 5.05. The number of ketones is 1. The van der Waals surface area contributed by atoms with Crippen molar-refractivity contribution in [3.63, 3.8) is 0 Å². The number of rotatable bonds is 6. The van der Waals surface area contributed by atoms with Gasteiger partial charge in [0.25, 0.3) is 5.91 Å². The molecule has 3 aromatic carbocycles. The van der Waals surface area contributed by atoms with Gasteiger partial charge in [-0.1, -0.05) is 18.2 Å². The summed E-state index contributed by atoms with van der Waals surface area (Å²) < 4.78 is 13.3. The van der Waals surface area contributed by atoms with Gasteiger partial charge in [-0.05, 0) is 61.0 Å². The summed E-state index contributed by atoms with van der Waals surface area (Å²) in [7, 11) is 0. The van der Waals surface area contributed by atoms with Crippen molar-refractivity contribution in [2.75, 3.05) is 10.6 Å². The zero-order chi connectivity index (χ0) is 20.8. The Kier molecular flexibility index (Phi) is 6.00. The van der Waals surface area contributed by atoms with E-state index in [1.807, 2.05) is 6.07 Å². The first-order valence-corrected chi connectivity index (χ1v) is 8.91. The summed E-state index contributed by atoms with van der Waals surface area (Å²) in [5.74, 6) is -0.966. The van der Waals surface area contributed by atoms with E-state index in [1.165, 1.54) is 31.2 Å². The van der Waals surface area contributed by atoms with E-state index in [2.05, 4.69) is 16.7 Å². The Morgan fingerprint density at radius 3 is 2.52 bits per heavy atom. The van der Waals surface area contributed by atoms with E-state index in [0.29, 0.717) is 29.0 Å². The van der Waals surface area contributed by atoms with Gasteiger partial charge in [0.1, 0.15) is 11.9 Å². The average molecular weight is 387 g/mol. The molecule has 0 aliphatic rings. The fourth-order valence-electron chi connectivity index (χ4n) is 2.80. The fraction of sp³-hybridized carbons (Fsp3) is 0.0870. The molecule has 6 heteroatoms. The van der Waals surface area contributed by atoms with Crippen molar-refractivity contribution in [3.05, 3.63) is 94.8 Å². The van der Waals surface area contributed by atoms with E-state index in [4.69, 9.17) is 0 Å². The van der Waals surface area contributed by atoms with Crippen LogP contribution in [0.5, 0.6) is 0 Å². The fourth-order valence-corrected chi connectivity index (χ4v) is 2.80. The first-order valence-electron chi connectivity index (χ1n) is 8.91. The van der Waals surface area contributed by atoms with Crippen LogP contribution in [0.2, 0.25) is 0 Å². The molecule has 1 amide bonds. The lowest BCUT2D eigenvalue weighted by Crippen LogP contribution is -2.12. The molecule has 3 aromatic rings. The van der Waals surface area contributed by atoms with Crippen molar-refractivity contribution >= 4 is 23.1 Å². The number of carbonyl (C=O) groups is 2. The number of hydrogen-bond donors (Lipinski definition) is 2. The molecule has 0 aromatic heterocycles. The van der Waals surface area contributed by atoms with Crippen LogP contribution in [-0.2, 0) is 6.54 Å². The van der Waals surface area contributed by atoms with Crippen molar-refractivity contribution in [1.29, 1.82) is 5.26 Å². The molecule has 0 aliphatic carbocycles. The van der Waals surface area contributed by atoms with Gasteiger partial charge in [-0.25, -0.2) is 4.39 Å². The zero-order valence-corrected chi connectivity index (χ0v) is 15.7. The minimum absolute atomic E-state index is 0.0837. The van der Waals surface area contributed by atoms with Gasteiger partial charge in [0, 0.05) is 23.4 Å². The second-order valence-corrected chi connectivity index (χ2v) is 6.45. The molecule has 29 heavy (non-hydrogen) atoms. The van der Waals surface area contributed by atoms with Crippen molar-refractivity contribution in [1.82, 2.24) is 0 Å². The third-order valence-electron chi connectivity index (χ3n) is 4.30. The van der Waals surface area contributed by atoms with Crippen LogP contribution >= 0.6 is 0 Å². The predicted octanol–water partition coefficient (Wildman–Crippen LogP) is 4.76. The van der Waals surface area contributed by atoms with Crippen LogP contribution in [0.15, 0.2) is 66.7 Å². The number of hydrogen-bond acceptors (Lipinski definition) is 4. The average Bonchev–Trinajstić information content (AvgIpc) is 2.72. The number of nitrogens with one attached hydrogen (secondary N) is 2. The molecule has 0 bridgehead atoms. The van der Waals surface area contributed by atoms with E-state index in [0.717, 1.165) is 5.56 Å². The maximum atomic E-state index is 13.3. The molecular formula is C23H18FN3O2. The van der Waals surface area contributed by atoms with Crippen LogP contribution < -0.4 is 10.6 Å². The van der Waals surface area contributed by atoms with Crippen molar-refractivity contribution in [2.24, 2.45) is 0 Å². The van der Waals surface area contributed by atoms with E-state index in [9.17, 15) is 19.2 Å². The molecule has 0 aliphatic heterocycles. The summed E-state index contributed by atoms with van der Waals surface area (Å²) in [6.45, 7) is 1.86. The predicted molar refractivity (Wildman–Crippen MR) is 109 cm³/mol. The molecule has 0 fully saturated rings. The standard InChI is InChI=1S/C23H18FN3O2/c1-15(28)17-8-9-19(13-25)22(12-17)26-14-16-4-2-7-21(10-16)27-23(29)18-5-3-6-20(24)11-18/h2-12,26H,14H2,1H3,(H,27,29). The smallest absolute Gasteiger partial charge is 0.255 e. The largest absolute Gasteiger partial charge is 0.380 e. The highest BCUT2D eigenvalue weighted by molar-refractivity contribution is 6.04. The molecule has 5 nitrogen and oxygen atoms in total. The highest BCUT2D eigenvalue weighted by atomic mass is 19.1. The Balaban J connectivity index is 1.72. The maximum absolute atomic E-state index is 13.3. The summed E-state index contributed by atoms with van der Waals surface area (Å²) in [5, 5.41) is 15.2. The molecule has 0 atom stereocenters. The molecule has 0 saturated carbocycles. The number of carbonyl (C=O) groups excluding carboxylic acids is 2. The Labute approximate surface area is 167 Å². The lowest BCUT2D eigenvalue weighted by Gasteiger charge is -2.11. The summed E-state index contributed by atoms with van der Waals surface area (Å²) in [4.78, 5) is 23.9. The van der Waals surface area contributed by atoms with Gasteiger partial charge in [0.05, 0.1) is 11.3 Å². The number of anilines is 2. The van der Waals surface area contributed by atoms with E-state index in [-0.39, 0.29) is 11.3 Å². The monoisotopic (exact) mass is 387 g/mol. The lowest BCUT2D eigenvalue weighted by molar-refractivity contribution is 0.101. The third-order valence-corrected chi connectivity index (χ3v) is 4.30. The SMILES string of the molecule is CC(=O)c1ccc(C#N)c(NCc2cccc(NC(=O)c3cccc(F)c3)c2)c1. The summed E-state index contributed by atoms with van der Waals surface area (Å²) in [5.41, 5.74) is 3.17. The molecule has 0 saturated heterocycles. The van der Waals surface area contributed by atoms with Gasteiger partial charge >= 0.3 is 0 Å². The topological polar surface area (TPSA) is 82.0 Å². The summed E-state index contributed by atoms with van der Waals surface area (Å²) in [6.07, 6.45) is 0. The van der Waals surface area contributed by atoms with E-state index in [1.54, 1.807) is 36.4 Å². The molecule has 0 radical (unpaired) electrons. The van der Waals surface area contributed by atoms with Crippen LogP contribution in [0.4, 0.5) is 15.8 Å². The molecule has 0 heterocycles.